The van der Waals surface area contributed by atoms with Crippen LogP contribution in [0.1, 0.15) is 18.5 Å². The number of piperidine rings is 1. The number of likely N-dealkylation sites (N-methyl/N-ethyl adjacent to an activating group) is 2. The normalized spacial score (nSPS) is 21.2. The summed E-state index contributed by atoms with van der Waals surface area (Å²) >= 11 is 0. The van der Waals surface area contributed by atoms with Crippen molar-refractivity contribution in [2.45, 2.75) is 25.4 Å². The molecule has 1 N–H and O–H groups in total. The van der Waals surface area contributed by atoms with Crippen LogP contribution in [-0.4, -0.2) is 60.0 Å². The number of hydrogen-bond donors (Lipinski definition) is 1. The summed E-state index contributed by atoms with van der Waals surface area (Å²) in [4.78, 5) is 13.4. The minimum absolute atomic E-state index is 0.636. The van der Waals surface area contributed by atoms with E-state index in [-0.39, 0.29) is 0 Å². The van der Waals surface area contributed by atoms with E-state index in [9.17, 15) is 0 Å². The fraction of sp³-hybridized carbons (Fsp3) is 0.692. The van der Waals surface area contributed by atoms with E-state index in [0.717, 1.165) is 18.8 Å². The van der Waals surface area contributed by atoms with Crippen molar-refractivity contribution in [2.24, 2.45) is 0 Å². The molecular formula is C13H23N5. The Bertz CT molecular complexity index is 381. The van der Waals surface area contributed by atoms with Crippen LogP contribution in [0.3, 0.4) is 0 Å². The summed E-state index contributed by atoms with van der Waals surface area (Å²) < 4.78 is 0. The zero-order chi connectivity index (χ0) is 13.0. The second-order valence-electron chi connectivity index (χ2n) is 5.09. The Hall–Kier alpha value is -1.20. The SMILES string of the molecule is CNc1nccc(CN(C)C2CCCN(C)C2)n1. The van der Waals surface area contributed by atoms with Crippen LogP contribution >= 0.6 is 0 Å². The zero-order valence-electron chi connectivity index (χ0n) is 11.6. The summed E-state index contributed by atoms with van der Waals surface area (Å²) in [5.41, 5.74) is 1.07. The second kappa shape index (κ2) is 6.11. The number of aromatic nitrogens is 2. The second-order valence-corrected chi connectivity index (χ2v) is 5.09. The van der Waals surface area contributed by atoms with Crippen molar-refractivity contribution in [2.75, 3.05) is 39.5 Å². The number of rotatable bonds is 4. The van der Waals surface area contributed by atoms with E-state index in [1.54, 1.807) is 0 Å². The van der Waals surface area contributed by atoms with Crippen molar-refractivity contribution < 1.29 is 0 Å². The van der Waals surface area contributed by atoms with E-state index in [1.807, 2.05) is 19.3 Å². The van der Waals surface area contributed by atoms with Gasteiger partial charge in [0.1, 0.15) is 0 Å². The van der Waals surface area contributed by atoms with Crippen molar-refractivity contribution in [3.63, 3.8) is 0 Å². The lowest BCUT2D eigenvalue weighted by Crippen LogP contribution is -2.44. The van der Waals surface area contributed by atoms with Crippen LogP contribution in [0.15, 0.2) is 12.3 Å². The molecule has 18 heavy (non-hydrogen) atoms. The molecule has 0 amide bonds. The Balaban J connectivity index is 1.95. The summed E-state index contributed by atoms with van der Waals surface area (Å²) in [6.07, 6.45) is 4.39. The highest BCUT2D eigenvalue weighted by atomic mass is 15.2. The Kier molecular flexibility index (Phi) is 4.49. The molecule has 5 nitrogen and oxygen atoms in total. The van der Waals surface area contributed by atoms with Crippen molar-refractivity contribution in [1.29, 1.82) is 0 Å². The summed E-state index contributed by atoms with van der Waals surface area (Å²) in [6.45, 7) is 3.26. The molecule has 5 heteroatoms. The predicted octanol–water partition coefficient (Wildman–Crippen LogP) is 1.04. The van der Waals surface area contributed by atoms with Gasteiger partial charge in [-0.15, -0.1) is 0 Å². The monoisotopic (exact) mass is 249 g/mol. The lowest BCUT2D eigenvalue weighted by molar-refractivity contribution is 0.128. The van der Waals surface area contributed by atoms with E-state index in [0.29, 0.717) is 12.0 Å². The van der Waals surface area contributed by atoms with Gasteiger partial charge in [-0.2, -0.15) is 0 Å². The highest BCUT2D eigenvalue weighted by molar-refractivity contribution is 5.23. The van der Waals surface area contributed by atoms with Gasteiger partial charge >= 0.3 is 0 Å². The van der Waals surface area contributed by atoms with Crippen LogP contribution in [0.2, 0.25) is 0 Å². The van der Waals surface area contributed by atoms with Crippen LogP contribution in [0.4, 0.5) is 5.95 Å². The molecule has 2 heterocycles. The summed E-state index contributed by atoms with van der Waals surface area (Å²) in [7, 11) is 6.23. The fourth-order valence-electron chi connectivity index (χ4n) is 2.49. The first-order valence-corrected chi connectivity index (χ1v) is 6.57. The third-order valence-electron chi connectivity index (χ3n) is 3.57. The van der Waals surface area contributed by atoms with Crippen LogP contribution in [-0.2, 0) is 6.54 Å². The summed E-state index contributed by atoms with van der Waals surface area (Å²) in [5, 5.41) is 2.98. The number of nitrogens with zero attached hydrogens (tertiary/aromatic N) is 4. The van der Waals surface area contributed by atoms with Gasteiger partial charge in [-0.3, -0.25) is 4.90 Å². The average Bonchev–Trinajstić information content (AvgIpc) is 2.39. The molecule has 1 atom stereocenters. The van der Waals surface area contributed by atoms with Crippen molar-refractivity contribution in [1.82, 2.24) is 19.8 Å². The van der Waals surface area contributed by atoms with Gasteiger partial charge in [0.2, 0.25) is 5.95 Å². The molecule has 0 radical (unpaired) electrons. The molecular weight excluding hydrogens is 226 g/mol. The smallest absolute Gasteiger partial charge is 0.222 e. The third kappa shape index (κ3) is 3.40. The molecule has 1 aromatic heterocycles. The van der Waals surface area contributed by atoms with E-state index in [2.05, 4.69) is 39.2 Å². The lowest BCUT2D eigenvalue weighted by atomic mass is 10.1. The van der Waals surface area contributed by atoms with Crippen molar-refractivity contribution >= 4 is 5.95 Å². The van der Waals surface area contributed by atoms with E-state index in [1.165, 1.54) is 19.4 Å². The maximum Gasteiger partial charge on any atom is 0.222 e. The molecule has 1 aliphatic heterocycles. The molecule has 1 unspecified atom stereocenters. The van der Waals surface area contributed by atoms with Crippen LogP contribution in [0, 0.1) is 0 Å². The molecule has 0 aromatic carbocycles. The highest BCUT2D eigenvalue weighted by Gasteiger charge is 2.21. The molecule has 0 spiro atoms. The Morgan fingerprint density at radius 2 is 2.39 bits per heavy atom. The Morgan fingerprint density at radius 3 is 3.11 bits per heavy atom. The lowest BCUT2D eigenvalue weighted by Gasteiger charge is -2.35. The molecule has 100 valence electrons. The summed E-state index contributed by atoms with van der Waals surface area (Å²) in [6, 6.07) is 2.63. The quantitative estimate of drug-likeness (QED) is 0.864. The topological polar surface area (TPSA) is 44.3 Å². The first-order valence-electron chi connectivity index (χ1n) is 6.57. The predicted molar refractivity (Wildman–Crippen MR) is 73.6 cm³/mol. The van der Waals surface area contributed by atoms with Crippen LogP contribution in [0.25, 0.3) is 0 Å². The van der Waals surface area contributed by atoms with Crippen molar-refractivity contribution in [3.8, 4) is 0 Å². The molecule has 1 aliphatic rings. The van der Waals surface area contributed by atoms with Gasteiger partial charge in [-0.05, 0) is 39.5 Å². The van der Waals surface area contributed by atoms with E-state index >= 15 is 0 Å². The fourth-order valence-corrected chi connectivity index (χ4v) is 2.49. The number of likely N-dealkylation sites (tertiary alicyclic amines) is 1. The van der Waals surface area contributed by atoms with Gasteiger partial charge in [0.15, 0.2) is 0 Å². The number of nitrogens with one attached hydrogen (secondary N) is 1. The molecule has 1 saturated heterocycles. The zero-order valence-corrected chi connectivity index (χ0v) is 11.6. The molecule has 1 fully saturated rings. The first-order chi connectivity index (χ1) is 8.69. The van der Waals surface area contributed by atoms with Crippen LogP contribution in [0.5, 0.6) is 0 Å². The van der Waals surface area contributed by atoms with Gasteiger partial charge in [0.25, 0.3) is 0 Å². The molecule has 0 bridgehead atoms. The van der Waals surface area contributed by atoms with E-state index < -0.39 is 0 Å². The van der Waals surface area contributed by atoms with Gasteiger partial charge in [0, 0.05) is 32.4 Å². The Morgan fingerprint density at radius 1 is 1.56 bits per heavy atom. The molecule has 0 aliphatic carbocycles. The highest BCUT2D eigenvalue weighted by Crippen LogP contribution is 2.15. The van der Waals surface area contributed by atoms with Gasteiger partial charge < -0.3 is 10.2 Å². The van der Waals surface area contributed by atoms with Gasteiger partial charge in [0.05, 0.1) is 5.69 Å². The average molecular weight is 249 g/mol. The van der Waals surface area contributed by atoms with E-state index in [4.69, 9.17) is 0 Å². The molecule has 1 aromatic rings. The maximum atomic E-state index is 4.47. The minimum Gasteiger partial charge on any atom is -0.357 e. The maximum absolute atomic E-state index is 4.47. The number of hydrogen-bond acceptors (Lipinski definition) is 5. The van der Waals surface area contributed by atoms with Gasteiger partial charge in [-0.25, -0.2) is 9.97 Å². The minimum atomic E-state index is 0.636. The largest absolute Gasteiger partial charge is 0.357 e. The third-order valence-corrected chi connectivity index (χ3v) is 3.57. The first kappa shape index (κ1) is 13.2. The standard InChI is InChI=1S/C13H23N5/c1-14-13-15-7-6-11(16-13)9-18(3)12-5-4-8-17(2)10-12/h6-7,12H,4-5,8-10H2,1-3H3,(H,14,15,16). The number of anilines is 1. The summed E-state index contributed by atoms with van der Waals surface area (Å²) in [5.74, 6) is 0.696. The molecule has 2 rings (SSSR count). The van der Waals surface area contributed by atoms with Crippen molar-refractivity contribution in [3.05, 3.63) is 18.0 Å². The molecule has 0 saturated carbocycles. The Labute approximate surface area is 109 Å². The van der Waals surface area contributed by atoms with Crippen LogP contribution < -0.4 is 5.32 Å². The van der Waals surface area contributed by atoms with Gasteiger partial charge in [-0.1, -0.05) is 0 Å².